The second kappa shape index (κ2) is 8.55. The molecule has 0 N–H and O–H groups in total. The van der Waals surface area contributed by atoms with Gasteiger partial charge in [-0.15, -0.1) is 0 Å². The number of unbranched alkanes of at least 4 members (excludes halogenated alkanes) is 1. The smallest absolute Gasteiger partial charge is 0.308 e. The van der Waals surface area contributed by atoms with Crippen LogP contribution in [-0.4, -0.2) is 31.2 Å². The summed E-state index contributed by atoms with van der Waals surface area (Å²) in [5.41, 5.74) is 1.13. The van der Waals surface area contributed by atoms with Crippen LogP contribution in [0.5, 0.6) is 0 Å². The minimum atomic E-state index is -4.11. The van der Waals surface area contributed by atoms with Crippen molar-refractivity contribution in [3.8, 4) is 0 Å². The number of ether oxygens (including phenoxy) is 1. The number of fused-ring (bicyclic) bond motifs is 1. The highest BCUT2D eigenvalue weighted by atomic mass is 35.5. The molecule has 1 heterocycles. The normalized spacial score (nSPS) is 17.1. The van der Waals surface area contributed by atoms with Gasteiger partial charge in [0.25, 0.3) is 15.9 Å². The Morgan fingerprint density at radius 3 is 2.48 bits per heavy atom. The van der Waals surface area contributed by atoms with Gasteiger partial charge in [-0.05, 0) is 48.7 Å². The van der Waals surface area contributed by atoms with Crippen LogP contribution in [-0.2, 0) is 19.6 Å². The Labute approximate surface area is 175 Å². The molecule has 2 aromatic carbocycles. The molecule has 0 saturated carbocycles. The summed E-state index contributed by atoms with van der Waals surface area (Å²) >= 11 is 5.88. The molecule has 1 atom stereocenters. The molecule has 29 heavy (non-hydrogen) atoms. The van der Waals surface area contributed by atoms with Crippen LogP contribution in [0, 0.1) is 6.92 Å². The molecule has 2 aromatic rings. The summed E-state index contributed by atoms with van der Waals surface area (Å²) in [6.45, 7) is 3.91. The molecule has 1 aliphatic heterocycles. The van der Waals surface area contributed by atoms with Crippen molar-refractivity contribution in [3.05, 3.63) is 64.2 Å². The lowest BCUT2D eigenvalue weighted by molar-refractivity contribution is -0.144. The van der Waals surface area contributed by atoms with E-state index in [0.717, 1.165) is 17.1 Å². The Bertz CT molecular complexity index is 1030. The van der Waals surface area contributed by atoms with Gasteiger partial charge in [-0.25, -0.2) is 12.7 Å². The fourth-order valence-corrected chi connectivity index (χ4v) is 5.54. The Balaban J connectivity index is 2.01. The third kappa shape index (κ3) is 4.16. The molecule has 0 radical (unpaired) electrons. The van der Waals surface area contributed by atoms with Crippen LogP contribution in [0.3, 0.4) is 0 Å². The second-order valence-electron chi connectivity index (χ2n) is 6.90. The van der Waals surface area contributed by atoms with Crippen molar-refractivity contribution >= 4 is 33.5 Å². The highest BCUT2D eigenvalue weighted by molar-refractivity contribution is 7.90. The van der Waals surface area contributed by atoms with E-state index in [2.05, 4.69) is 0 Å². The number of rotatable bonds is 6. The standard InChI is InChI=1S/C21H22ClNO5S/c1-3-4-12-28-19(24)13-18-17-7-5-6-14(2)20(17)29(26,27)23(18)21(25)15-8-10-16(22)11-9-15/h5-11,18H,3-4,12-13H2,1-2H3. The number of hydrogen-bond donors (Lipinski definition) is 0. The Morgan fingerprint density at radius 1 is 1.14 bits per heavy atom. The molecule has 0 saturated heterocycles. The van der Waals surface area contributed by atoms with E-state index in [1.54, 1.807) is 25.1 Å². The lowest BCUT2D eigenvalue weighted by Crippen LogP contribution is -2.36. The summed E-state index contributed by atoms with van der Waals surface area (Å²) in [6, 6.07) is 10.0. The SMILES string of the molecule is CCCCOC(=O)CC1c2cccc(C)c2S(=O)(=O)N1C(=O)c1ccc(Cl)cc1. The molecule has 3 rings (SSSR count). The van der Waals surface area contributed by atoms with Gasteiger partial charge in [0.05, 0.1) is 24.0 Å². The number of halogens is 1. The van der Waals surface area contributed by atoms with Crippen LogP contribution in [0.25, 0.3) is 0 Å². The number of esters is 1. The number of carbonyl (C=O) groups is 2. The first-order chi connectivity index (χ1) is 13.8. The zero-order valence-corrected chi connectivity index (χ0v) is 17.8. The molecular weight excluding hydrogens is 414 g/mol. The molecule has 0 bridgehead atoms. The average Bonchev–Trinajstić information content (AvgIpc) is 2.89. The van der Waals surface area contributed by atoms with E-state index in [1.165, 1.54) is 24.3 Å². The minimum absolute atomic E-state index is 0.0775. The van der Waals surface area contributed by atoms with Crippen molar-refractivity contribution in [1.29, 1.82) is 0 Å². The molecule has 0 aromatic heterocycles. The van der Waals surface area contributed by atoms with Crippen molar-refractivity contribution in [2.75, 3.05) is 6.61 Å². The van der Waals surface area contributed by atoms with Gasteiger partial charge in [0, 0.05) is 10.6 Å². The Kier molecular flexibility index (Phi) is 6.29. The molecule has 0 fully saturated rings. The van der Waals surface area contributed by atoms with Gasteiger partial charge in [0.1, 0.15) is 0 Å². The van der Waals surface area contributed by atoms with Crippen LogP contribution in [0.2, 0.25) is 5.02 Å². The summed E-state index contributed by atoms with van der Waals surface area (Å²) in [6.07, 6.45) is 1.35. The van der Waals surface area contributed by atoms with Crippen LogP contribution in [0.1, 0.15) is 53.7 Å². The van der Waals surface area contributed by atoms with Crippen molar-refractivity contribution in [2.45, 2.75) is 44.0 Å². The lowest BCUT2D eigenvalue weighted by atomic mass is 10.0. The maximum absolute atomic E-state index is 13.3. The molecule has 1 amide bonds. The largest absolute Gasteiger partial charge is 0.466 e. The third-order valence-electron chi connectivity index (χ3n) is 4.81. The van der Waals surface area contributed by atoms with E-state index < -0.39 is 27.9 Å². The average molecular weight is 436 g/mol. The summed E-state index contributed by atoms with van der Waals surface area (Å²) < 4.78 is 32.6. The second-order valence-corrected chi connectivity index (χ2v) is 9.09. The lowest BCUT2D eigenvalue weighted by Gasteiger charge is -2.23. The van der Waals surface area contributed by atoms with E-state index in [4.69, 9.17) is 16.3 Å². The van der Waals surface area contributed by atoms with Gasteiger partial charge in [-0.1, -0.05) is 43.1 Å². The van der Waals surface area contributed by atoms with Gasteiger partial charge in [0.15, 0.2) is 0 Å². The predicted molar refractivity (Wildman–Crippen MR) is 109 cm³/mol. The molecule has 0 aliphatic carbocycles. The summed E-state index contributed by atoms with van der Waals surface area (Å²) in [7, 11) is -4.11. The van der Waals surface area contributed by atoms with Gasteiger partial charge in [0.2, 0.25) is 0 Å². The highest BCUT2D eigenvalue weighted by Gasteiger charge is 2.47. The fourth-order valence-electron chi connectivity index (χ4n) is 3.39. The van der Waals surface area contributed by atoms with Crippen LogP contribution in [0.4, 0.5) is 0 Å². The number of carbonyl (C=O) groups excluding carboxylic acids is 2. The van der Waals surface area contributed by atoms with Gasteiger partial charge < -0.3 is 4.74 Å². The maximum atomic E-state index is 13.3. The number of hydrogen-bond acceptors (Lipinski definition) is 5. The quantitative estimate of drug-likeness (QED) is 0.500. The van der Waals surface area contributed by atoms with Crippen molar-refractivity contribution in [1.82, 2.24) is 4.31 Å². The number of amides is 1. The van der Waals surface area contributed by atoms with Crippen LogP contribution < -0.4 is 0 Å². The zero-order chi connectivity index (χ0) is 21.2. The number of sulfonamides is 1. The first-order valence-electron chi connectivity index (χ1n) is 9.36. The third-order valence-corrected chi connectivity index (χ3v) is 7.08. The summed E-state index contributed by atoms with van der Waals surface area (Å²) in [4.78, 5) is 25.6. The minimum Gasteiger partial charge on any atom is -0.466 e. The Morgan fingerprint density at radius 2 is 1.83 bits per heavy atom. The van der Waals surface area contributed by atoms with Crippen molar-refractivity contribution < 1.29 is 22.7 Å². The monoisotopic (exact) mass is 435 g/mol. The van der Waals surface area contributed by atoms with Crippen LogP contribution >= 0.6 is 11.6 Å². The van der Waals surface area contributed by atoms with E-state index >= 15 is 0 Å². The van der Waals surface area contributed by atoms with Crippen LogP contribution in [0.15, 0.2) is 47.4 Å². The van der Waals surface area contributed by atoms with E-state index in [0.29, 0.717) is 16.1 Å². The van der Waals surface area contributed by atoms with Gasteiger partial charge >= 0.3 is 5.97 Å². The van der Waals surface area contributed by atoms with Crippen molar-refractivity contribution in [3.63, 3.8) is 0 Å². The summed E-state index contributed by atoms with van der Waals surface area (Å²) in [5, 5.41) is 0.431. The van der Waals surface area contributed by atoms with Gasteiger partial charge in [-0.3, -0.25) is 9.59 Å². The number of aryl methyl sites for hydroxylation is 1. The maximum Gasteiger partial charge on any atom is 0.308 e. The highest BCUT2D eigenvalue weighted by Crippen LogP contribution is 2.44. The van der Waals surface area contributed by atoms with Gasteiger partial charge in [-0.2, -0.15) is 0 Å². The molecule has 1 unspecified atom stereocenters. The topological polar surface area (TPSA) is 80.8 Å². The van der Waals surface area contributed by atoms with Crippen molar-refractivity contribution in [2.24, 2.45) is 0 Å². The molecular formula is C21H22ClNO5S. The van der Waals surface area contributed by atoms with E-state index in [9.17, 15) is 18.0 Å². The Hall–Kier alpha value is -2.38. The predicted octanol–water partition coefficient (Wildman–Crippen LogP) is 4.27. The molecule has 0 spiro atoms. The molecule has 154 valence electrons. The number of nitrogens with zero attached hydrogens (tertiary/aromatic N) is 1. The molecule has 1 aliphatic rings. The summed E-state index contributed by atoms with van der Waals surface area (Å²) in [5.74, 6) is -1.24. The molecule has 6 nitrogen and oxygen atoms in total. The van der Waals surface area contributed by atoms with E-state index in [-0.39, 0.29) is 23.5 Å². The first kappa shape index (κ1) is 21.3. The first-order valence-corrected chi connectivity index (χ1v) is 11.2. The van der Waals surface area contributed by atoms with E-state index in [1.807, 2.05) is 6.92 Å². The fraction of sp³-hybridized carbons (Fsp3) is 0.333. The number of benzene rings is 2. The molecule has 8 heteroatoms. The zero-order valence-electron chi connectivity index (χ0n) is 16.2.